The summed E-state index contributed by atoms with van der Waals surface area (Å²) in [7, 11) is 0. The highest BCUT2D eigenvalue weighted by Crippen LogP contribution is 2.40. The molecule has 0 radical (unpaired) electrons. The first-order chi connectivity index (χ1) is 15.2. The van der Waals surface area contributed by atoms with Gasteiger partial charge in [0.05, 0.1) is 18.8 Å². The number of rotatable bonds is 6. The molecule has 1 spiro atoms. The Kier molecular flexibility index (Phi) is 5.61. The third-order valence-corrected chi connectivity index (χ3v) is 6.73. The fourth-order valence-electron chi connectivity index (χ4n) is 4.91. The Balaban J connectivity index is 1.09. The molecule has 3 aliphatic rings. The van der Waals surface area contributed by atoms with Gasteiger partial charge in [0.25, 0.3) is 0 Å². The zero-order valence-electron chi connectivity index (χ0n) is 17.7. The number of carbonyl (C=O) groups excluding carboxylic acids is 1. The molecule has 2 aromatic heterocycles. The van der Waals surface area contributed by atoms with E-state index < -0.39 is 5.60 Å². The molecule has 1 saturated heterocycles. The Morgan fingerprint density at radius 2 is 2.00 bits per heavy atom. The fraction of sp³-hybridized carbons (Fsp3) is 0.565. The third-order valence-electron chi connectivity index (χ3n) is 6.73. The first-order valence-electron chi connectivity index (χ1n) is 11.3. The largest absolute Gasteiger partial charge is 0.489 e. The lowest BCUT2D eigenvalue weighted by Crippen LogP contribution is -2.39. The summed E-state index contributed by atoms with van der Waals surface area (Å²) in [5.41, 5.74) is -0.400. The molecule has 8 nitrogen and oxygen atoms in total. The Morgan fingerprint density at radius 1 is 1.16 bits per heavy atom. The van der Waals surface area contributed by atoms with Crippen molar-refractivity contribution in [2.24, 2.45) is 5.92 Å². The molecule has 3 fully saturated rings. The fourth-order valence-corrected chi connectivity index (χ4v) is 4.91. The van der Waals surface area contributed by atoms with Crippen LogP contribution in [0.1, 0.15) is 51.4 Å². The van der Waals surface area contributed by atoms with Crippen molar-refractivity contribution in [3.05, 3.63) is 36.7 Å². The van der Waals surface area contributed by atoms with Crippen molar-refractivity contribution in [2.45, 2.75) is 63.1 Å². The molecule has 0 bridgehead atoms. The minimum atomic E-state index is -0.400. The zero-order valence-corrected chi connectivity index (χ0v) is 17.7. The Morgan fingerprint density at radius 3 is 2.71 bits per heavy atom. The number of carbonyl (C=O) groups is 1. The molecule has 2 aliphatic carbocycles. The van der Waals surface area contributed by atoms with Crippen LogP contribution in [-0.4, -0.2) is 46.1 Å². The second-order valence-corrected chi connectivity index (χ2v) is 8.95. The van der Waals surface area contributed by atoms with E-state index in [1.807, 2.05) is 18.3 Å². The number of amides is 1. The van der Waals surface area contributed by atoms with Gasteiger partial charge in [0.1, 0.15) is 17.2 Å². The summed E-state index contributed by atoms with van der Waals surface area (Å²) in [5.74, 6) is 2.82. The molecule has 2 saturated carbocycles. The summed E-state index contributed by atoms with van der Waals surface area (Å²) < 4.78 is 11.8. The lowest BCUT2D eigenvalue weighted by molar-refractivity contribution is 0.0148. The molecule has 0 aromatic carbocycles. The first kappa shape index (κ1) is 20.0. The predicted octanol–water partition coefficient (Wildman–Crippen LogP) is 4.19. The molecule has 0 unspecified atom stereocenters. The molecule has 0 atom stereocenters. The van der Waals surface area contributed by atoms with Gasteiger partial charge in [0.2, 0.25) is 0 Å². The van der Waals surface area contributed by atoms with Crippen molar-refractivity contribution in [2.75, 3.05) is 23.3 Å². The standard InChI is InChI=1S/C23H29N5O3/c29-22-28(21-6-3-13-26-27-21)16-23(31-22)11-9-17(10-12-23)14-24-20-8-7-19(15-25-20)30-18-4-1-2-5-18/h3,6-8,13,15,17-18H,1-2,4-5,9-12,14,16H2,(H,24,25). The van der Waals surface area contributed by atoms with Crippen LogP contribution in [-0.2, 0) is 4.74 Å². The molecule has 5 rings (SSSR count). The topological polar surface area (TPSA) is 89.5 Å². The van der Waals surface area contributed by atoms with Gasteiger partial charge in [-0.25, -0.2) is 9.78 Å². The van der Waals surface area contributed by atoms with Gasteiger partial charge in [0, 0.05) is 12.7 Å². The number of ether oxygens (including phenoxy) is 2. The average molecular weight is 424 g/mol. The van der Waals surface area contributed by atoms with Crippen molar-refractivity contribution >= 4 is 17.7 Å². The predicted molar refractivity (Wildman–Crippen MR) is 116 cm³/mol. The highest BCUT2D eigenvalue weighted by atomic mass is 16.6. The summed E-state index contributed by atoms with van der Waals surface area (Å²) in [4.78, 5) is 18.5. The molecule has 3 heterocycles. The molecule has 1 N–H and O–H groups in total. The monoisotopic (exact) mass is 423 g/mol. The third kappa shape index (κ3) is 4.57. The van der Waals surface area contributed by atoms with Crippen LogP contribution < -0.4 is 15.0 Å². The van der Waals surface area contributed by atoms with E-state index in [1.54, 1.807) is 23.2 Å². The summed E-state index contributed by atoms with van der Waals surface area (Å²) >= 11 is 0. The van der Waals surface area contributed by atoms with Crippen LogP contribution in [0.4, 0.5) is 16.4 Å². The van der Waals surface area contributed by atoms with Gasteiger partial charge in [-0.1, -0.05) is 0 Å². The van der Waals surface area contributed by atoms with Gasteiger partial charge < -0.3 is 14.8 Å². The smallest absolute Gasteiger partial charge is 0.416 e. The normalized spacial score (nSPS) is 26.3. The first-order valence-corrected chi connectivity index (χ1v) is 11.3. The van der Waals surface area contributed by atoms with E-state index in [1.165, 1.54) is 12.8 Å². The average Bonchev–Trinajstić information content (AvgIpc) is 3.43. The maximum atomic E-state index is 12.4. The van der Waals surface area contributed by atoms with Gasteiger partial charge >= 0.3 is 6.09 Å². The zero-order chi connectivity index (χ0) is 21.1. The number of hydrogen-bond donors (Lipinski definition) is 1. The van der Waals surface area contributed by atoms with Crippen LogP contribution in [0.25, 0.3) is 0 Å². The van der Waals surface area contributed by atoms with Crippen LogP contribution in [0.2, 0.25) is 0 Å². The minimum absolute atomic E-state index is 0.318. The molecule has 1 amide bonds. The second kappa shape index (κ2) is 8.69. The maximum absolute atomic E-state index is 12.4. The van der Waals surface area contributed by atoms with Crippen LogP contribution in [0.15, 0.2) is 36.7 Å². The summed E-state index contributed by atoms with van der Waals surface area (Å²) in [6, 6.07) is 7.57. The number of aromatic nitrogens is 3. The van der Waals surface area contributed by atoms with Crippen molar-refractivity contribution in [1.82, 2.24) is 15.2 Å². The number of pyridine rings is 1. The van der Waals surface area contributed by atoms with E-state index >= 15 is 0 Å². The molecule has 164 valence electrons. The van der Waals surface area contributed by atoms with E-state index in [9.17, 15) is 4.79 Å². The van der Waals surface area contributed by atoms with Gasteiger partial charge in [-0.3, -0.25) is 4.90 Å². The van der Waals surface area contributed by atoms with E-state index in [2.05, 4.69) is 20.5 Å². The molecule has 2 aromatic rings. The number of hydrogen-bond acceptors (Lipinski definition) is 7. The lowest BCUT2D eigenvalue weighted by Gasteiger charge is -2.35. The quantitative estimate of drug-likeness (QED) is 0.745. The molecule has 8 heteroatoms. The lowest BCUT2D eigenvalue weighted by atomic mass is 9.78. The summed E-state index contributed by atoms with van der Waals surface area (Å²) in [6.45, 7) is 1.42. The van der Waals surface area contributed by atoms with Crippen molar-refractivity contribution in [3.63, 3.8) is 0 Å². The highest BCUT2D eigenvalue weighted by molar-refractivity contribution is 5.89. The SMILES string of the molecule is O=C1OC2(CCC(CNc3ccc(OC4CCCC4)cn3)CC2)CN1c1cccnn1. The summed E-state index contributed by atoms with van der Waals surface area (Å²) in [6.07, 6.45) is 12.0. The number of nitrogens with one attached hydrogen (secondary N) is 1. The number of anilines is 2. The Bertz CT molecular complexity index is 878. The van der Waals surface area contributed by atoms with Crippen molar-refractivity contribution in [1.29, 1.82) is 0 Å². The molecule has 1 aliphatic heterocycles. The van der Waals surface area contributed by atoms with Crippen molar-refractivity contribution in [3.8, 4) is 5.75 Å². The molecular weight excluding hydrogens is 394 g/mol. The minimum Gasteiger partial charge on any atom is -0.489 e. The number of nitrogens with zero attached hydrogens (tertiary/aromatic N) is 4. The van der Waals surface area contributed by atoms with E-state index in [0.29, 0.717) is 24.4 Å². The summed E-state index contributed by atoms with van der Waals surface area (Å²) in [5, 5.41) is 11.4. The molecular formula is C23H29N5O3. The van der Waals surface area contributed by atoms with Crippen LogP contribution in [0, 0.1) is 5.92 Å². The maximum Gasteiger partial charge on any atom is 0.416 e. The van der Waals surface area contributed by atoms with E-state index in [4.69, 9.17) is 9.47 Å². The van der Waals surface area contributed by atoms with Gasteiger partial charge in [0.15, 0.2) is 5.82 Å². The van der Waals surface area contributed by atoms with Crippen LogP contribution in [0.3, 0.4) is 0 Å². The van der Waals surface area contributed by atoms with Gasteiger partial charge in [-0.05, 0) is 81.5 Å². The van der Waals surface area contributed by atoms with Crippen LogP contribution >= 0.6 is 0 Å². The molecule has 31 heavy (non-hydrogen) atoms. The Labute approximate surface area is 182 Å². The van der Waals surface area contributed by atoms with Gasteiger partial charge in [-0.15, -0.1) is 5.10 Å². The van der Waals surface area contributed by atoms with E-state index in [0.717, 1.165) is 56.6 Å². The van der Waals surface area contributed by atoms with Crippen molar-refractivity contribution < 1.29 is 14.3 Å². The van der Waals surface area contributed by atoms with E-state index in [-0.39, 0.29) is 6.09 Å². The van der Waals surface area contributed by atoms with Crippen LogP contribution in [0.5, 0.6) is 5.75 Å². The second-order valence-electron chi connectivity index (χ2n) is 8.95. The highest BCUT2D eigenvalue weighted by Gasteiger charge is 2.48. The Hall–Kier alpha value is -2.90. The van der Waals surface area contributed by atoms with Gasteiger partial charge in [-0.2, -0.15) is 5.10 Å².